The molecule has 0 bridgehead atoms. The van der Waals surface area contributed by atoms with Crippen molar-refractivity contribution in [3.63, 3.8) is 0 Å². The summed E-state index contributed by atoms with van der Waals surface area (Å²) in [5.74, 6) is 0.404. The Labute approximate surface area is 90.3 Å². The number of phenolic OH excluding ortho intramolecular Hbond substituents is 1. The van der Waals surface area contributed by atoms with E-state index in [-0.39, 0.29) is 0 Å². The number of hydrogen-bond donors (Lipinski definition) is 2. The molecule has 0 amide bonds. The zero-order valence-electron chi connectivity index (χ0n) is 8.87. The normalized spacial score (nSPS) is 24.9. The van der Waals surface area contributed by atoms with Crippen LogP contribution in [0.2, 0.25) is 0 Å². The number of phenols is 1. The van der Waals surface area contributed by atoms with Crippen LogP contribution in [0, 0.1) is 0 Å². The molecule has 0 saturated heterocycles. The Balaban J connectivity index is 1.87. The quantitative estimate of drug-likeness (QED) is 0.774. The maximum atomic E-state index is 9.45. The van der Waals surface area contributed by atoms with Crippen LogP contribution in [0.25, 0.3) is 0 Å². The minimum atomic E-state index is 0.404. The topological polar surface area (TPSA) is 32.3 Å². The van der Waals surface area contributed by atoms with E-state index in [0.717, 1.165) is 12.5 Å². The van der Waals surface area contributed by atoms with Gasteiger partial charge in [0, 0.05) is 12.1 Å². The van der Waals surface area contributed by atoms with Gasteiger partial charge in [-0.3, -0.25) is 0 Å². The second kappa shape index (κ2) is 3.53. The van der Waals surface area contributed by atoms with Crippen LogP contribution in [-0.4, -0.2) is 11.1 Å². The highest BCUT2D eigenvalue weighted by Gasteiger charge is 2.27. The van der Waals surface area contributed by atoms with E-state index < -0.39 is 0 Å². The van der Waals surface area contributed by atoms with E-state index >= 15 is 0 Å². The lowest BCUT2D eigenvalue weighted by Crippen LogP contribution is -2.26. The first-order valence-electron chi connectivity index (χ1n) is 5.91. The molecule has 0 heterocycles. The van der Waals surface area contributed by atoms with Crippen molar-refractivity contribution < 1.29 is 5.11 Å². The van der Waals surface area contributed by atoms with E-state index in [4.69, 9.17) is 0 Å². The number of nitrogens with one attached hydrogen (secondary N) is 1. The number of benzene rings is 1. The summed E-state index contributed by atoms with van der Waals surface area (Å²) in [6.07, 6.45) is 6.27. The Hall–Kier alpha value is -1.02. The van der Waals surface area contributed by atoms with Gasteiger partial charge in [-0.15, -0.1) is 0 Å². The minimum Gasteiger partial charge on any atom is -0.508 e. The summed E-state index contributed by atoms with van der Waals surface area (Å²) < 4.78 is 0. The van der Waals surface area contributed by atoms with Crippen molar-refractivity contribution in [2.24, 2.45) is 0 Å². The Bertz CT molecular complexity index is 371. The summed E-state index contributed by atoms with van der Waals surface area (Å²) in [5.41, 5.74) is 2.74. The van der Waals surface area contributed by atoms with E-state index in [1.54, 1.807) is 0 Å². The Morgan fingerprint density at radius 1 is 1.20 bits per heavy atom. The van der Waals surface area contributed by atoms with Crippen LogP contribution in [0.1, 0.15) is 42.9 Å². The second-order valence-corrected chi connectivity index (χ2v) is 4.77. The summed E-state index contributed by atoms with van der Waals surface area (Å²) in [5, 5.41) is 13.1. The number of fused-ring (bicyclic) bond motifs is 1. The van der Waals surface area contributed by atoms with Gasteiger partial charge in [-0.1, -0.05) is 6.07 Å². The van der Waals surface area contributed by atoms with Crippen LogP contribution >= 0.6 is 0 Å². The largest absolute Gasteiger partial charge is 0.508 e. The molecule has 2 N–H and O–H groups in total. The smallest absolute Gasteiger partial charge is 0.115 e. The summed E-state index contributed by atoms with van der Waals surface area (Å²) >= 11 is 0. The van der Waals surface area contributed by atoms with Crippen molar-refractivity contribution >= 4 is 0 Å². The fourth-order valence-corrected chi connectivity index (χ4v) is 2.51. The lowest BCUT2D eigenvalue weighted by molar-refractivity contribution is 0.448. The molecule has 2 aliphatic rings. The van der Waals surface area contributed by atoms with E-state index in [9.17, 15) is 5.11 Å². The first-order chi connectivity index (χ1) is 7.33. The van der Waals surface area contributed by atoms with Gasteiger partial charge in [0.1, 0.15) is 5.75 Å². The highest BCUT2D eigenvalue weighted by atomic mass is 16.3. The number of aryl methyl sites for hydroxylation is 1. The van der Waals surface area contributed by atoms with Crippen LogP contribution in [0.4, 0.5) is 0 Å². The summed E-state index contributed by atoms with van der Waals surface area (Å²) in [7, 11) is 0. The third-order valence-electron chi connectivity index (χ3n) is 3.46. The molecule has 80 valence electrons. The standard InChI is InChI=1S/C13H17NO/c15-11-6-7-12-9(8-11)2-1-3-13(12)14-10-4-5-10/h6-8,10,13-15H,1-5H2. The SMILES string of the molecule is Oc1ccc2c(c1)CCCC2NC1CC1. The van der Waals surface area contributed by atoms with Gasteiger partial charge in [0.2, 0.25) is 0 Å². The van der Waals surface area contributed by atoms with Crippen molar-refractivity contribution in [3.8, 4) is 5.75 Å². The summed E-state index contributed by atoms with van der Waals surface area (Å²) in [4.78, 5) is 0. The molecule has 3 rings (SSSR count). The third kappa shape index (κ3) is 1.86. The van der Waals surface area contributed by atoms with Gasteiger partial charge in [-0.05, 0) is 55.4 Å². The van der Waals surface area contributed by atoms with E-state index in [0.29, 0.717) is 11.8 Å². The molecular weight excluding hydrogens is 186 g/mol. The van der Waals surface area contributed by atoms with Crippen LogP contribution in [0.15, 0.2) is 18.2 Å². The van der Waals surface area contributed by atoms with E-state index in [1.807, 2.05) is 12.1 Å². The molecule has 0 aromatic heterocycles. The van der Waals surface area contributed by atoms with Crippen LogP contribution in [0.5, 0.6) is 5.75 Å². The molecule has 2 aliphatic carbocycles. The van der Waals surface area contributed by atoms with Gasteiger partial charge in [0.15, 0.2) is 0 Å². The lowest BCUT2D eigenvalue weighted by atomic mass is 9.87. The molecular formula is C13H17NO. The van der Waals surface area contributed by atoms with E-state index in [1.165, 1.54) is 36.8 Å². The van der Waals surface area contributed by atoms with Crippen molar-refractivity contribution in [2.45, 2.75) is 44.2 Å². The molecule has 0 aliphatic heterocycles. The van der Waals surface area contributed by atoms with Crippen LogP contribution in [0.3, 0.4) is 0 Å². The predicted octanol–water partition coefficient (Wildman–Crippen LogP) is 2.52. The average Bonchev–Trinajstić information content (AvgIpc) is 3.01. The van der Waals surface area contributed by atoms with E-state index in [2.05, 4.69) is 11.4 Å². The molecule has 1 aromatic carbocycles. The summed E-state index contributed by atoms with van der Waals surface area (Å²) in [6.45, 7) is 0. The molecule has 2 nitrogen and oxygen atoms in total. The molecule has 2 heteroatoms. The number of rotatable bonds is 2. The minimum absolute atomic E-state index is 0.404. The fraction of sp³-hybridized carbons (Fsp3) is 0.538. The first kappa shape index (κ1) is 9.22. The van der Waals surface area contributed by atoms with Gasteiger partial charge in [0.25, 0.3) is 0 Å². The molecule has 1 fully saturated rings. The Morgan fingerprint density at radius 3 is 2.87 bits per heavy atom. The van der Waals surface area contributed by atoms with Crippen molar-refractivity contribution in [2.75, 3.05) is 0 Å². The maximum Gasteiger partial charge on any atom is 0.115 e. The van der Waals surface area contributed by atoms with Crippen LogP contribution < -0.4 is 5.32 Å². The Kier molecular flexibility index (Phi) is 2.17. The van der Waals surface area contributed by atoms with Gasteiger partial charge in [0.05, 0.1) is 0 Å². The van der Waals surface area contributed by atoms with Crippen molar-refractivity contribution in [1.82, 2.24) is 5.32 Å². The molecule has 1 atom stereocenters. The number of aromatic hydroxyl groups is 1. The second-order valence-electron chi connectivity index (χ2n) is 4.77. The molecule has 0 radical (unpaired) electrons. The highest BCUT2D eigenvalue weighted by molar-refractivity contribution is 5.38. The van der Waals surface area contributed by atoms with Gasteiger partial charge < -0.3 is 10.4 Å². The Morgan fingerprint density at radius 2 is 2.07 bits per heavy atom. The monoisotopic (exact) mass is 203 g/mol. The zero-order chi connectivity index (χ0) is 10.3. The number of hydrogen-bond acceptors (Lipinski definition) is 2. The van der Waals surface area contributed by atoms with Gasteiger partial charge in [-0.25, -0.2) is 0 Å². The summed E-state index contributed by atoms with van der Waals surface area (Å²) in [6, 6.07) is 7.11. The van der Waals surface area contributed by atoms with Gasteiger partial charge in [-0.2, -0.15) is 0 Å². The molecule has 1 aromatic rings. The lowest BCUT2D eigenvalue weighted by Gasteiger charge is -2.26. The zero-order valence-corrected chi connectivity index (χ0v) is 8.87. The third-order valence-corrected chi connectivity index (χ3v) is 3.46. The van der Waals surface area contributed by atoms with Gasteiger partial charge >= 0.3 is 0 Å². The molecule has 15 heavy (non-hydrogen) atoms. The average molecular weight is 203 g/mol. The molecule has 0 spiro atoms. The van der Waals surface area contributed by atoms with Crippen LogP contribution in [-0.2, 0) is 6.42 Å². The maximum absolute atomic E-state index is 9.45. The molecule has 1 unspecified atom stereocenters. The molecule has 1 saturated carbocycles. The predicted molar refractivity (Wildman–Crippen MR) is 59.9 cm³/mol. The highest BCUT2D eigenvalue weighted by Crippen LogP contribution is 2.34. The van der Waals surface area contributed by atoms with Crippen molar-refractivity contribution in [1.29, 1.82) is 0 Å². The fourth-order valence-electron chi connectivity index (χ4n) is 2.51. The van der Waals surface area contributed by atoms with Crippen molar-refractivity contribution in [3.05, 3.63) is 29.3 Å². The first-order valence-corrected chi connectivity index (χ1v) is 5.91.